The molecule has 0 unspecified atom stereocenters. The van der Waals surface area contributed by atoms with E-state index < -0.39 is 0 Å². The Balaban J connectivity index is 2.82. The van der Waals surface area contributed by atoms with Gasteiger partial charge in [0.15, 0.2) is 13.1 Å². The number of benzene rings is 1. The lowest BCUT2D eigenvalue weighted by molar-refractivity contribution is -0.898. The summed E-state index contributed by atoms with van der Waals surface area (Å²) in [6, 6.07) is 5.68. The van der Waals surface area contributed by atoms with Gasteiger partial charge in [-0.05, 0) is 58.4 Å². The molecule has 0 aliphatic rings. The van der Waals surface area contributed by atoms with E-state index in [1.807, 2.05) is 25.1 Å². The second-order valence-corrected chi connectivity index (χ2v) is 8.00. The van der Waals surface area contributed by atoms with Crippen molar-refractivity contribution in [3.63, 3.8) is 0 Å². The zero-order chi connectivity index (χ0) is 20.7. The van der Waals surface area contributed by atoms with E-state index in [0.29, 0.717) is 22.1 Å². The molecule has 6 heteroatoms. The van der Waals surface area contributed by atoms with Crippen LogP contribution in [0.3, 0.4) is 0 Å². The maximum absolute atomic E-state index is 12.4. The predicted molar refractivity (Wildman–Crippen MR) is 113 cm³/mol. The number of anilines is 2. The molecule has 0 saturated heterocycles. The van der Waals surface area contributed by atoms with Crippen molar-refractivity contribution in [1.82, 2.24) is 0 Å². The number of carbonyl (C=O) groups excluding carboxylic acids is 2. The smallest absolute Gasteiger partial charge is 0.279 e. The quantitative estimate of drug-likeness (QED) is 0.615. The second kappa shape index (κ2) is 9.85. The van der Waals surface area contributed by atoms with E-state index in [-0.39, 0.29) is 11.8 Å². The maximum atomic E-state index is 12.4. The SMILES string of the molecule is CC[N+](C)(CC)CC(=O)Nc1cc(C)cc(NC(=O)C[N+](C)(CC)CC)c1. The number of quaternary nitrogens is 2. The van der Waals surface area contributed by atoms with E-state index in [1.54, 1.807) is 0 Å². The van der Waals surface area contributed by atoms with Gasteiger partial charge in [0.1, 0.15) is 0 Å². The fourth-order valence-corrected chi connectivity index (χ4v) is 2.92. The van der Waals surface area contributed by atoms with Gasteiger partial charge >= 0.3 is 0 Å². The van der Waals surface area contributed by atoms with Crippen LogP contribution in [0.4, 0.5) is 11.4 Å². The predicted octanol–water partition coefficient (Wildman–Crippen LogP) is 2.84. The highest BCUT2D eigenvalue weighted by Crippen LogP contribution is 2.19. The molecule has 0 saturated carbocycles. The van der Waals surface area contributed by atoms with E-state index in [2.05, 4.69) is 52.4 Å². The zero-order valence-electron chi connectivity index (χ0n) is 18.2. The molecular weight excluding hydrogens is 340 g/mol. The van der Waals surface area contributed by atoms with Crippen molar-refractivity contribution >= 4 is 23.2 Å². The van der Waals surface area contributed by atoms with Crippen molar-refractivity contribution in [2.24, 2.45) is 0 Å². The molecule has 1 rings (SSSR count). The molecule has 152 valence electrons. The number of hydrogen-bond acceptors (Lipinski definition) is 2. The molecule has 1 aromatic carbocycles. The molecule has 0 bridgehead atoms. The highest BCUT2D eigenvalue weighted by Gasteiger charge is 2.22. The fourth-order valence-electron chi connectivity index (χ4n) is 2.92. The van der Waals surface area contributed by atoms with Crippen LogP contribution in [0, 0.1) is 6.92 Å². The van der Waals surface area contributed by atoms with Gasteiger partial charge in [-0.2, -0.15) is 0 Å². The topological polar surface area (TPSA) is 58.2 Å². The standard InChI is InChI=1S/C21H36N4O2/c1-8-24(6,9-2)15-20(26)22-18-12-17(5)13-19(14-18)23-21(27)16-25(7,10-3)11-4/h12-14H,8-11,15-16H2,1-7H3/p+2. The van der Waals surface area contributed by atoms with Crippen LogP contribution in [0.25, 0.3) is 0 Å². The van der Waals surface area contributed by atoms with Crippen LogP contribution in [-0.2, 0) is 9.59 Å². The maximum Gasteiger partial charge on any atom is 0.279 e. The lowest BCUT2D eigenvalue weighted by atomic mass is 10.2. The summed E-state index contributed by atoms with van der Waals surface area (Å²) >= 11 is 0. The number of carbonyl (C=O) groups is 2. The minimum Gasteiger partial charge on any atom is -0.321 e. The lowest BCUT2D eigenvalue weighted by Crippen LogP contribution is -2.48. The van der Waals surface area contributed by atoms with Crippen LogP contribution >= 0.6 is 0 Å². The molecule has 0 aromatic heterocycles. The number of rotatable bonds is 10. The van der Waals surface area contributed by atoms with Crippen molar-refractivity contribution in [2.75, 3.05) is 64.0 Å². The van der Waals surface area contributed by atoms with Gasteiger partial charge in [-0.25, -0.2) is 0 Å². The molecular formula is C21H38N4O2+2. The minimum absolute atomic E-state index is 0.00900. The molecule has 0 radical (unpaired) electrons. The average molecular weight is 379 g/mol. The van der Waals surface area contributed by atoms with Gasteiger partial charge in [-0.1, -0.05) is 0 Å². The highest BCUT2D eigenvalue weighted by atomic mass is 16.2. The molecule has 6 nitrogen and oxygen atoms in total. The van der Waals surface area contributed by atoms with Gasteiger partial charge in [-0.15, -0.1) is 0 Å². The number of hydrogen-bond donors (Lipinski definition) is 2. The van der Waals surface area contributed by atoms with Gasteiger partial charge in [0, 0.05) is 11.4 Å². The first kappa shape index (κ1) is 23.1. The summed E-state index contributed by atoms with van der Waals surface area (Å²) in [5.41, 5.74) is 2.43. The van der Waals surface area contributed by atoms with Gasteiger partial charge < -0.3 is 19.6 Å². The first-order valence-corrected chi connectivity index (χ1v) is 9.97. The zero-order valence-corrected chi connectivity index (χ0v) is 18.2. The van der Waals surface area contributed by atoms with Crippen molar-refractivity contribution in [3.05, 3.63) is 23.8 Å². The third-order valence-electron chi connectivity index (χ3n) is 5.75. The van der Waals surface area contributed by atoms with Gasteiger partial charge in [0.25, 0.3) is 11.8 Å². The van der Waals surface area contributed by atoms with E-state index in [0.717, 1.165) is 43.1 Å². The molecule has 0 fully saturated rings. The molecule has 0 aliphatic carbocycles. The number of nitrogens with one attached hydrogen (secondary N) is 2. The molecule has 2 amide bonds. The Bertz CT molecular complexity index is 597. The van der Waals surface area contributed by atoms with Crippen molar-refractivity contribution < 1.29 is 18.6 Å². The van der Waals surface area contributed by atoms with E-state index >= 15 is 0 Å². The summed E-state index contributed by atoms with van der Waals surface area (Å²) in [6.45, 7) is 14.8. The highest BCUT2D eigenvalue weighted by molar-refractivity contribution is 5.95. The van der Waals surface area contributed by atoms with Gasteiger partial charge in [0.05, 0.1) is 40.3 Å². The van der Waals surface area contributed by atoms with Crippen LogP contribution < -0.4 is 10.6 Å². The number of likely N-dealkylation sites (N-methyl/N-ethyl adjacent to an activating group) is 2. The van der Waals surface area contributed by atoms with Crippen LogP contribution in [0.5, 0.6) is 0 Å². The Morgan fingerprint density at radius 2 is 1.07 bits per heavy atom. The molecule has 2 N–H and O–H groups in total. The Kier molecular flexibility index (Phi) is 8.44. The van der Waals surface area contributed by atoms with Gasteiger partial charge in [-0.3, -0.25) is 9.59 Å². The Morgan fingerprint density at radius 3 is 1.37 bits per heavy atom. The third-order valence-corrected chi connectivity index (χ3v) is 5.75. The number of amides is 2. The molecule has 27 heavy (non-hydrogen) atoms. The first-order chi connectivity index (χ1) is 12.6. The first-order valence-electron chi connectivity index (χ1n) is 9.97. The summed E-state index contributed by atoms with van der Waals surface area (Å²) in [4.78, 5) is 24.9. The van der Waals surface area contributed by atoms with Gasteiger partial charge in [0.2, 0.25) is 0 Å². The van der Waals surface area contributed by atoms with Crippen LogP contribution in [0.2, 0.25) is 0 Å². The molecule has 1 aromatic rings. The van der Waals surface area contributed by atoms with E-state index in [9.17, 15) is 9.59 Å². The average Bonchev–Trinajstić information content (AvgIpc) is 2.60. The summed E-state index contributed by atoms with van der Waals surface area (Å²) in [7, 11) is 4.16. The second-order valence-electron chi connectivity index (χ2n) is 8.00. The third kappa shape index (κ3) is 7.31. The Hall–Kier alpha value is -1.92. The van der Waals surface area contributed by atoms with E-state index in [1.165, 1.54) is 0 Å². The minimum atomic E-state index is -0.00900. The Morgan fingerprint density at radius 1 is 0.741 bits per heavy atom. The molecule has 0 heterocycles. The van der Waals surface area contributed by atoms with E-state index in [4.69, 9.17) is 0 Å². The van der Waals surface area contributed by atoms with Crippen LogP contribution in [0.1, 0.15) is 33.3 Å². The molecule has 0 aliphatic heterocycles. The van der Waals surface area contributed by atoms with Crippen LogP contribution in [-0.4, -0.2) is 74.1 Å². The monoisotopic (exact) mass is 378 g/mol. The number of aryl methyl sites for hydroxylation is 1. The normalized spacial score (nSPS) is 12.0. The van der Waals surface area contributed by atoms with Crippen molar-refractivity contribution in [2.45, 2.75) is 34.6 Å². The lowest BCUT2D eigenvalue weighted by Gasteiger charge is -2.31. The fraction of sp³-hybridized carbons (Fsp3) is 0.619. The number of nitrogens with zero attached hydrogens (tertiary/aromatic N) is 2. The van der Waals surface area contributed by atoms with Crippen molar-refractivity contribution in [1.29, 1.82) is 0 Å². The molecule has 0 spiro atoms. The van der Waals surface area contributed by atoms with Crippen molar-refractivity contribution in [3.8, 4) is 0 Å². The largest absolute Gasteiger partial charge is 0.321 e. The summed E-state index contributed by atoms with van der Waals surface area (Å²) in [5, 5.41) is 5.96. The summed E-state index contributed by atoms with van der Waals surface area (Å²) in [6.07, 6.45) is 0. The Labute approximate surface area is 164 Å². The van der Waals surface area contributed by atoms with Crippen LogP contribution in [0.15, 0.2) is 18.2 Å². The summed E-state index contributed by atoms with van der Waals surface area (Å²) < 4.78 is 1.40. The molecule has 0 atom stereocenters. The summed E-state index contributed by atoms with van der Waals surface area (Å²) in [5.74, 6) is -0.0180.